The van der Waals surface area contributed by atoms with Gasteiger partial charge in [-0.2, -0.15) is 11.8 Å². The SMILES string of the molecule is CC(CC(=O)O)SCCO. The predicted molar refractivity (Wildman–Crippen MR) is 41.3 cm³/mol. The van der Waals surface area contributed by atoms with Crippen LogP contribution < -0.4 is 0 Å². The molecule has 3 nitrogen and oxygen atoms in total. The zero-order valence-electron chi connectivity index (χ0n) is 5.91. The fourth-order valence-electron chi connectivity index (χ4n) is 0.559. The third-order valence-corrected chi connectivity index (χ3v) is 2.11. The van der Waals surface area contributed by atoms with E-state index in [9.17, 15) is 4.79 Å². The second-order valence-electron chi connectivity index (χ2n) is 2.00. The van der Waals surface area contributed by atoms with E-state index >= 15 is 0 Å². The van der Waals surface area contributed by atoms with E-state index in [0.29, 0.717) is 5.75 Å². The molecule has 0 heterocycles. The highest BCUT2D eigenvalue weighted by atomic mass is 32.2. The van der Waals surface area contributed by atoms with Gasteiger partial charge >= 0.3 is 5.97 Å². The van der Waals surface area contributed by atoms with Crippen LogP contribution in [0, 0.1) is 0 Å². The molecule has 4 heteroatoms. The van der Waals surface area contributed by atoms with Crippen molar-refractivity contribution in [2.24, 2.45) is 0 Å². The summed E-state index contributed by atoms with van der Waals surface area (Å²) in [5.74, 6) is -0.160. The summed E-state index contributed by atoms with van der Waals surface area (Å²) >= 11 is 1.47. The Morgan fingerprint density at radius 2 is 2.30 bits per heavy atom. The Labute approximate surface area is 64.4 Å². The molecule has 2 N–H and O–H groups in total. The van der Waals surface area contributed by atoms with Crippen LogP contribution in [-0.4, -0.2) is 33.8 Å². The van der Waals surface area contributed by atoms with Crippen LogP contribution in [0.2, 0.25) is 0 Å². The van der Waals surface area contributed by atoms with Crippen LogP contribution in [-0.2, 0) is 4.79 Å². The summed E-state index contributed by atoms with van der Waals surface area (Å²) in [6.07, 6.45) is 0.171. The highest BCUT2D eigenvalue weighted by Crippen LogP contribution is 2.12. The van der Waals surface area contributed by atoms with Crippen LogP contribution in [0.25, 0.3) is 0 Å². The fraction of sp³-hybridized carbons (Fsp3) is 0.833. The van der Waals surface area contributed by atoms with Crippen LogP contribution in [0.4, 0.5) is 0 Å². The summed E-state index contributed by atoms with van der Waals surface area (Å²) in [6, 6.07) is 0. The Kier molecular flexibility index (Phi) is 5.43. The van der Waals surface area contributed by atoms with Gasteiger partial charge < -0.3 is 10.2 Å². The highest BCUT2D eigenvalue weighted by Gasteiger charge is 2.06. The number of aliphatic hydroxyl groups is 1. The van der Waals surface area contributed by atoms with Crippen molar-refractivity contribution >= 4 is 17.7 Å². The number of carboxylic acid groups (broad SMARTS) is 1. The second-order valence-corrected chi connectivity index (χ2v) is 3.55. The average Bonchev–Trinajstić information content (AvgIpc) is 1.82. The van der Waals surface area contributed by atoms with E-state index in [4.69, 9.17) is 10.2 Å². The first-order chi connectivity index (χ1) is 4.66. The molecule has 1 atom stereocenters. The molecule has 0 radical (unpaired) electrons. The minimum atomic E-state index is -0.780. The van der Waals surface area contributed by atoms with E-state index in [2.05, 4.69) is 0 Å². The zero-order chi connectivity index (χ0) is 7.98. The first-order valence-electron chi connectivity index (χ1n) is 3.11. The summed E-state index contributed by atoms with van der Waals surface area (Å²) in [4.78, 5) is 10.1. The van der Waals surface area contributed by atoms with Gasteiger partial charge in [-0.25, -0.2) is 0 Å². The molecule has 0 saturated heterocycles. The predicted octanol–water partition coefficient (Wildman–Crippen LogP) is 0.575. The summed E-state index contributed by atoms with van der Waals surface area (Å²) in [6.45, 7) is 1.96. The lowest BCUT2D eigenvalue weighted by atomic mass is 10.3. The number of aliphatic hydroxyl groups excluding tert-OH is 1. The van der Waals surface area contributed by atoms with Gasteiger partial charge in [0.2, 0.25) is 0 Å². The van der Waals surface area contributed by atoms with Crippen molar-refractivity contribution < 1.29 is 15.0 Å². The van der Waals surface area contributed by atoms with Gasteiger partial charge in [0.05, 0.1) is 13.0 Å². The van der Waals surface area contributed by atoms with E-state index in [1.807, 2.05) is 6.92 Å². The molecule has 0 aromatic carbocycles. The lowest BCUT2D eigenvalue weighted by Crippen LogP contribution is -2.07. The number of aliphatic carboxylic acids is 1. The molecule has 0 amide bonds. The summed E-state index contributed by atoms with van der Waals surface area (Å²) in [5, 5.41) is 16.8. The van der Waals surface area contributed by atoms with Gasteiger partial charge in [-0.1, -0.05) is 6.92 Å². The van der Waals surface area contributed by atoms with Gasteiger partial charge in [-0.05, 0) is 0 Å². The third-order valence-electron chi connectivity index (χ3n) is 0.956. The van der Waals surface area contributed by atoms with E-state index in [1.165, 1.54) is 11.8 Å². The highest BCUT2D eigenvalue weighted by molar-refractivity contribution is 7.99. The molecular weight excluding hydrogens is 152 g/mol. The topological polar surface area (TPSA) is 57.5 Å². The fourth-order valence-corrected chi connectivity index (χ4v) is 1.33. The number of carbonyl (C=O) groups is 1. The van der Waals surface area contributed by atoms with Crippen molar-refractivity contribution in [1.82, 2.24) is 0 Å². The van der Waals surface area contributed by atoms with E-state index in [-0.39, 0.29) is 18.3 Å². The van der Waals surface area contributed by atoms with Gasteiger partial charge in [0, 0.05) is 11.0 Å². The Hall–Kier alpha value is -0.220. The molecule has 0 fully saturated rings. The van der Waals surface area contributed by atoms with E-state index in [1.54, 1.807) is 0 Å². The maximum atomic E-state index is 10.1. The van der Waals surface area contributed by atoms with Crippen molar-refractivity contribution in [3.63, 3.8) is 0 Å². The quantitative estimate of drug-likeness (QED) is 0.624. The Morgan fingerprint density at radius 1 is 1.70 bits per heavy atom. The van der Waals surface area contributed by atoms with Crippen LogP contribution in [0.5, 0.6) is 0 Å². The number of rotatable bonds is 5. The van der Waals surface area contributed by atoms with Crippen molar-refractivity contribution in [2.45, 2.75) is 18.6 Å². The maximum Gasteiger partial charge on any atom is 0.304 e. The minimum absolute atomic E-state index is 0.102. The minimum Gasteiger partial charge on any atom is -0.481 e. The lowest BCUT2D eigenvalue weighted by Gasteiger charge is -2.05. The van der Waals surface area contributed by atoms with Gasteiger partial charge in [0.25, 0.3) is 0 Å². The Balaban J connectivity index is 3.25. The number of hydrogen-bond donors (Lipinski definition) is 2. The zero-order valence-corrected chi connectivity index (χ0v) is 6.73. The largest absolute Gasteiger partial charge is 0.481 e. The molecule has 1 unspecified atom stereocenters. The molecule has 0 bridgehead atoms. The van der Waals surface area contributed by atoms with Crippen molar-refractivity contribution in [3.05, 3.63) is 0 Å². The first-order valence-corrected chi connectivity index (χ1v) is 4.16. The van der Waals surface area contributed by atoms with E-state index in [0.717, 1.165) is 0 Å². The van der Waals surface area contributed by atoms with Gasteiger partial charge in [0.1, 0.15) is 0 Å². The van der Waals surface area contributed by atoms with Gasteiger partial charge in [-0.15, -0.1) is 0 Å². The monoisotopic (exact) mass is 164 g/mol. The van der Waals surface area contributed by atoms with Crippen LogP contribution in [0.15, 0.2) is 0 Å². The normalized spacial score (nSPS) is 13.0. The summed E-state index contributed by atoms with van der Waals surface area (Å²) in [5.41, 5.74) is 0. The second kappa shape index (κ2) is 5.56. The molecule has 0 rings (SSSR count). The Bertz CT molecular complexity index is 105. The average molecular weight is 164 g/mol. The van der Waals surface area contributed by atoms with Crippen molar-refractivity contribution in [2.75, 3.05) is 12.4 Å². The molecule has 0 aliphatic carbocycles. The molecule has 60 valence electrons. The molecule has 0 saturated carbocycles. The first kappa shape index (κ1) is 9.78. The Morgan fingerprint density at radius 3 is 2.70 bits per heavy atom. The van der Waals surface area contributed by atoms with Gasteiger partial charge in [-0.3, -0.25) is 4.79 Å². The van der Waals surface area contributed by atoms with Crippen LogP contribution in [0.1, 0.15) is 13.3 Å². The molecular formula is C6H12O3S. The van der Waals surface area contributed by atoms with Crippen molar-refractivity contribution in [3.8, 4) is 0 Å². The molecule has 0 aromatic heterocycles. The smallest absolute Gasteiger partial charge is 0.304 e. The molecule has 0 aromatic rings. The summed E-state index contributed by atoms with van der Waals surface area (Å²) < 4.78 is 0. The number of hydrogen-bond acceptors (Lipinski definition) is 3. The molecule has 10 heavy (non-hydrogen) atoms. The van der Waals surface area contributed by atoms with Crippen LogP contribution in [0.3, 0.4) is 0 Å². The molecule has 0 spiro atoms. The lowest BCUT2D eigenvalue weighted by molar-refractivity contribution is -0.136. The van der Waals surface area contributed by atoms with Crippen LogP contribution >= 0.6 is 11.8 Å². The van der Waals surface area contributed by atoms with Crippen molar-refractivity contribution in [1.29, 1.82) is 0 Å². The maximum absolute atomic E-state index is 10.1. The standard InChI is InChI=1S/C6H12O3S/c1-5(4-6(8)9)10-3-2-7/h5,7H,2-4H2,1H3,(H,8,9). The molecule has 0 aliphatic rings. The third kappa shape index (κ3) is 5.91. The summed E-state index contributed by atoms with van der Waals surface area (Å²) in [7, 11) is 0. The van der Waals surface area contributed by atoms with E-state index < -0.39 is 5.97 Å². The van der Waals surface area contributed by atoms with Gasteiger partial charge in [0.15, 0.2) is 0 Å². The number of thioether (sulfide) groups is 1. The molecule has 0 aliphatic heterocycles. The number of carboxylic acids is 1.